The Morgan fingerprint density at radius 1 is 1.00 bits per heavy atom. The molecule has 17 heavy (non-hydrogen) atoms. The number of methoxy groups -OCH3 is 1. The molecule has 2 heteroatoms. The lowest BCUT2D eigenvalue weighted by Gasteiger charge is -2.09. The molecule has 0 fully saturated rings. The molecule has 0 bridgehead atoms. The maximum absolute atomic E-state index is 5.61. The van der Waals surface area contributed by atoms with Crippen LogP contribution in [0.25, 0.3) is 10.8 Å². The van der Waals surface area contributed by atoms with Crippen molar-refractivity contribution in [2.24, 2.45) is 0 Å². The predicted molar refractivity (Wildman–Crippen MR) is 70.8 cm³/mol. The molecular weight excluding hydrogens is 212 g/mol. The van der Waals surface area contributed by atoms with Gasteiger partial charge in [-0.15, -0.1) is 0 Å². The van der Waals surface area contributed by atoms with E-state index in [-0.39, 0.29) is 0 Å². The van der Waals surface area contributed by atoms with Crippen LogP contribution in [-0.4, -0.2) is 20.3 Å². The Hall–Kier alpha value is -1.54. The van der Waals surface area contributed by atoms with Crippen molar-refractivity contribution >= 4 is 10.8 Å². The smallest absolute Gasteiger partial charge is 0.120 e. The third kappa shape index (κ3) is 2.77. The van der Waals surface area contributed by atoms with Crippen molar-refractivity contribution < 1.29 is 9.47 Å². The molecule has 0 atom stereocenters. The van der Waals surface area contributed by atoms with Gasteiger partial charge in [-0.2, -0.15) is 0 Å². The van der Waals surface area contributed by atoms with Gasteiger partial charge in [-0.25, -0.2) is 0 Å². The van der Waals surface area contributed by atoms with Gasteiger partial charge in [0.05, 0.1) is 6.61 Å². The Bertz CT molecular complexity index is 518. The monoisotopic (exact) mass is 230 g/mol. The van der Waals surface area contributed by atoms with E-state index in [1.54, 1.807) is 7.11 Å². The Balaban J connectivity index is 2.30. The van der Waals surface area contributed by atoms with Crippen LogP contribution in [0.3, 0.4) is 0 Å². The van der Waals surface area contributed by atoms with Crippen molar-refractivity contribution in [3.63, 3.8) is 0 Å². The molecular formula is C15H18O2. The molecule has 2 rings (SSSR count). The van der Waals surface area contributed by atoms with Crippen LogP contribution in [0, 0.1) is 13.8 Å². The highest BCUT2D eigenvalue weighted by Gasteiger charge is 2.01. The third-order valence-electron chi connectivity index (χ3n) is 2.83. The van der Waals surface area contributed by atoms with Gasteiger partial charge in [0.1, 0.15) is 12.4 Å². The van der Waals surface area contributed by atoms with Crippen LogP contribution in [0.15, 0.2) is 30.3 Å². The first-order valence-electron chi connectivity index (χ1n) is 5.83. The van der Waals surface area contributed by atoms with Crippen LogP contribution in [0.5, 0.6) is 5.75 Å². The van der Waals surface area contributed by atoms with Gasteiger partial charge in [0.2, 0.25) is 0 Å². The summed E-state index contributed by atoms with van der Waals surface area (Å²) in [5.41, 5.74) is 2.58. The van der Waals surface area contributed by atoms with E-state index >= 15 is 0 Å². The average molecular weight is 230 g/mol. The fourth-order valence-corrected chi connectivity index (χ4v) is 2.04. The lowest BCUT2D eigenvalue weighted by molar-refractivity contribution is 0.146. The molecule has 0 unspecified atom stereocenters. The highest BCUT2D eigenvalue weighted by molar-refractivity contribution is 5.87. The first kappa shape index (κ1) is 11.9. The normalized spacial score (nSPS) is 10.8. The molecule has 0 heterocycles. The second kappa shape index (κ2) is 5.19. The molecule has 0 N–H and O–H groups in total. The topological polar surface area (TPSA) is 18.5 Å². The zero-order chi connectivity index (χ0) is 12.3. The SMILES string of the molecule is COCCOc1ccc2cc(C)cc(C)c2c1. The van der Waals surface area contributed by atoms with E-state index in [4.69, 9.17) is 9.47 Å². The fourth-order valence-electron chi connectivity index (χ4n) is 2.04. The molecule has 0 saturated carbocycles. The highest BCUT2D eigenvalue weighted by Crippen LogP contribution is 2.25. The highest BCUT2D eigenvalue weighted by atomic mass is 16.5. The molecule has 0 amide bonds. The quantitative estimate of drug-likeness (QED) is 0.749. The zero-order valence-electron chi connectivity index (χ0n) is 10.6. The van der Waals surface area contributed by atoms with Crippen molar-refractivity contribution in [1.29, 1.82) is 0 Å². The Kier molecular flexibility index (Phi) is 3.64. The fraction of sp³-hybridized carbons (Fsp3) is 0.333. The van der Waals surface area contributed by atoms with Crippen LogP contribution in [-0.2, 0) is 4.74 Å². The van der Waals surface area contributed by atoms with Crippen molar-refractivity contribution in [1.82, 2.24) is 0 Å². The third-order valence-corrected chi connectivity index (χ3v) is 2.83. The van der Waals surface area contributed by atoms with E-state index in [1.807, 2.05) is 6.07 Å². The minimum Gasteiger partial charge on any atom is -0.491 e. The Morgan fingerprint density at radius 2 is 1.82 bits per heavy atom. The Morgan fingerprint density at radius 3 is 2.59 bits per heavy atom. The first-order valence-corrected chi connectivity index (χ1v) is 5.83. The van der Waals surface area contributed by atoms with Gasteiger partial charge in [-0.3, -0.25) is 0 Å². The van der Waals surface area contributed by atoms with Gasteiger partial charge in [0.15, 0.2) is 0 Å². The van der Waals surface area contributed by atoms with Crippen LogP contribution in [0.4, 0.5) is 0 Å². The van der Waals surface area contributed by atoms with E-state index in [1.165, 1.54) is 21.9 Å². The molecule has 0 saturated heterocycles. The number of hydrogen-bond acceptors (Lipinski definition) is 2. The van der Waals surface area contributed by atoms with Crippen molar-refractivity contribution in [2.75, 3.05) is 20.3 Å². The van der Waals surface area contributed by atoms with Crippen molar-refractivity contribution in [3.8, 4) is 5.75 Å². The van der Waals surface area contributed by atoms with E-state index in [2.05, 4.69) is 38.1 Å². The van der Waals surface area contributed by atoms with Gasteiger partial charge < -0.3 is 9.47 Å². The first-order chi connectivity index (χ1) is 8.20. The molecule has 0 aliphatic carbocycles. The summed E-state index contributed by atoms with van der Waals surface area (Å²) in [7, 11) is 1.68. The van der Waals surface area contributed by atoms with Gasteiger partial charge in [-0.1, -0.05) is 23.8 Å². The number of rotatable bonds is 4. The average Bonchev–Trinajstić information content (AvgIpc) is 2.30. The molecule has 0 aromatic heterocycles. The summed E-state index contributed by atoms with van der Waals surface area (Å²) in [5.74, 6) is 0.904. The molecule has 0 radical (unpaired) electrons. The van der Waals surface area contributed by atoms with Gasteiger partial charge in [0, 0.05) is 7.11 Å². The van der Waals surface area contributed by atoms with E-state index < -0.39 is 0 Å². The second-order valence-electron chi connectivity index (χ2n) is 4.31. The van der Waals surface area contributed by atoms with E-state index in [0.29, 0.717) is 13.2 Å². The largest absolute Gasteiger partial charge is 0.491 e. The summed E-state index contributed by atoms with van der Waals surface area (Å²) in [6, 6.07) is 10.6. The maximum atomic E-state index is 5.61. The summed E-state index contributed by atoms with van der Waals surface area (Å²) < 4.78 is 10.6. The summed E-state index contributed by atoms with van der Waals surface area (Å²) in [6.45, 7) is 5.46. The van der Waals surface area contributed by atoms with Gasteiger partial charge in [-0.05, 0) is 42.3 Å². The molecule has 0 spiro atoms. The number of ether oxygens (including phenoxy) is 2. The molecule has 2 nitrogen and oxygen atoms in total. The van der Waals surface area contributed by atoms with Crippen molar-refractivity contribution in [3.05, 3.63) is 41.5 Å². The summed E-state index contributed by atoms with van der Waals surface area (Å²) in [6.07, 6.45) is 0. The summed E-state index contributed by atoms with van der Waals surface area (Å²) >= 11 is 0. The van der Waals surface area contributed by atoms with Crippen molar-refractivity contribution in [2.45, 2.75) is 13.8 Å². The predicted octanol–water partition coefficient (Wildman–Crippen LogP) is 3.48. The zero-order valence-corrected chi connectivity index (χ0v) is 10.6. The van der Waals surface area contributed by atoms with E-state index in [0.717, 1.165) is 5.75 Å². The minimum atomic E-state index is 0.590. The Labute approximate surface area is 102 Å². The summed E-state index contributed by atoms with van der Waals surface area (Å²) in [5, 5.41) is 2.52. The number of aryl methyl sites for hydroxylation is 2. The van der Waals surface area contributed by atoms with Crippen LogP contribution < -0.4 is 4.74 Å². The van der Waals surface area contributed by atoms with E-state index in [9.17, 15) is 0 Å². The lowest BCUT2D eigenvalue weighted by atomic mass is 10.0. The standard InChI is InChI=1S/C15H18O2/c1-11-8-12(2)15-10-14(17-7-6-16-3)5-4-13(15)9-11/h4-5,8-10H,6-7H2,1-3H3. The lowest BCUT2D eigenvalue weighted by Crippen LogP contribution is -2.04. The number of benzene rings is 2. The van der Waals surface area contributed by atoms with Crippen LogP contribution >= 0.6 is 0 Å². The molecule has 90 valence electrons. The van der Waals surface area contributed by atoms with Gasteiger partial charge in [0.25, 0.3) is 0 Å². The molecule has 0 aliphatic heterocycles. The number of fused-ring (bicyclic) bond motifs is 1. The van der Waals surface area contributed by atoms with Gasteiger partial charge >= 0.3 is 0 Å². The maximum Gasteiger partial charge on any atom is 0.120 e. The molecule has 0 aliphatic rings. The molecule has 2 aromatic carbocycles. The molecule has 2 aromatic rings. The van der Waals surface area contributed by atoms with Crippen LogP contribution in [0.1, 0.15) is 11.1 Å². The minimum absolute atomic E-state index is 0.590. The van der Waals surface area contributed by atoms with Crippen LogP contribution in [0.2, 0.25) is 0 Å². The summed E-state index contributed by atoms with van der Waals surface area (Å²) in [4.78, 5) is 0. The second-order valence-corrected chi connectivity index (χ2v) is 4.31. The number of hydrogen-bond donors (Lipinski definition) is 0.